The predicted octanol–water partition coefficient (Wildman–Crippen LogP) is 3.75. The van der Waals surface area contributed by atoms with Gasteiger partial charge in [-0.15, -0.1) is 0 Å². The SMILES string of the molecule is CC(C)Oc1cccc([N+]#N)c1OC(C)C. The third-order valence-electron chi connectivity index (χ3n) is 1.78. The highest BCUT2D eigenvalue weighted by molar-refractivity contribution is 5.63. The number of ether oxygens (including phenoxy) is 2. The smallest absolute Gasteiger partial charge is 0.430 e. The molecule has 0 aliphatic heterocycles. The highest BCUT2D eigenvalue weighted by atomic mass is 16.5. The van der Waals surface area contributed by atoms with Crippen molar-refractivity contribution in [3.05, 3.63) is 23.2 Å². The molecule has 1 rings (SSSR count). The van der Waals surface area contributed by atoms with E-state index in [1.54, 1.807) is 18.2 Å². The van der Waals surface area contributed by atoms with E-state index in [9.17, 15) is 0 Å². The molecule has 4 heteroatoms. The minimum atomic E-state index is -0.00240. The number of diazo groups is 1. The van der Waals surface area contributed by atoms with Gasteiger partial charge in [-0.1, -0.05) is 6.07 Å². The molecule has 0 aromatic heterocycles. The van der Waals surface area contributed by atoms with Crippen molar-refractivity contribution >= 4 is 5.69 Å². The third kappa shape index (κ3) is 3.13. The van der Waals surface area contributed by atoms with E-state index >= 15 is 0 Å². The second kappa shape index (κ2) is 5.36. The van der Waals surface area contributed by atoms with Crippen molar-refractivity contribution < 1.29 is 9.47 Å². The van der Waals surface area contributed by atoms with Crippen LogP contribution in [0.25, 0.3) is 4.98 Å². The van der Waals surface area contributed by atoms with Gasteiger partial charge in [0.1, 0.15) is 0 Å². The Morgan fingerprint density at radius 1 is 1.06 bits per heavy atom. The highest BCUT2D eigenvalue weighted by Crippen LogP contribution is 2.38. The normalized spacial score (nSPS) is 10.3. The van der Waals surface area contributed by atoms with Crippen molar-refractivity contribution in [1.29, 1.82) is 5.39 Å². The van der Waals surface area contributed by atoms with Crippen molar-refractivity contribution in [3.8, 4) is 11.5 Å². The molecule has 1 aromatic carbocycles. The molecule has 0 atom stereocenters. The van der Waals surface area contributed by atoms with Gasteiger partial charge >= 0.3 is 5.69 Å². The summed E-state index contributed by atoms with van der Waals surface area (Å²) in [6, 6.07) is 5.23. The molecule has 86 valence electrons. The van der Waals surface area contributed by atoms with Crippen LogP contribution < -0.4 is 9.47 Å². The lowest BCUT2D eigenvalue weighted by Gasteiger charge is -2.14. The van der Waals surface area contributed by atoms with Gasteiger partial charge in [-0.05, 0) is 33.8 Å². The monoisotopic (exact) mass is 221 g/mol. The fourth-order valence-electron chi connectivity index (χ4n) is 1.28. The van der Waals surface area contributed by atoms with Gasteiger partial charge in [-0.3, -0.25) is 0 Å². The van der Waals surface area contributed by atoms with E-state index in [1.165, 1.54) is 0 Å². The average molecular weight is 221 g/mol. The molecule has 0 saturated heterocycles. The van der Waals surface area contributed by atoms with Crippen molar-refractivity contribution in [2.45, 2.75) is 39.9 Å². The Balaban J connectivity index is 3.11. The summed E-state index contributed by atoms with van der Waals surface area (Å²) in [6.45, 7) is 7.68. The summed E-state index contributed by atoms with van der Waals surface area (Å²) in [5.74, 6) is 1.08. The van der Waals surface area contributed by atoms with Gasteiger partial charge in [-0.25, -0.2) is 0 Å². The Morgan fingerprint density at radius 2 is 1.69 bits per heavy atom. The fourth-order valence-corrected chi connectivity index (χ4v) is 1.28. The van der Waals surface area contributed by atoms with E-state index in [2.05, 4.69) is 4.98 Å². The van der Waals surface area contributed by atoms with Gasteiger partial charge in [0.05, 0.1) is 12.2 Å². The molecule has 0 heterocycles. The summed E-state index contributed by atoms with van der Waals surface area (Å²) in [4.78, 5) is 3.19. The molecule has 0 aliphatic carbocycles. The van der Waals surface area contributed by atoms with E-state index in [1.807, 2.05) is 27.7 Å². The minimum absolute atomic E-state index is 0.00240. The summed E-state index contributed by atoms with van der Waals surface area (Å²) in [5, 5.41) is 8.88. The van der Waals surface area contributed by atoms with E-state index in [4.69, 9.17) is 14.9 Å². The first kappa shape index (κ1) is 12.3. The van der Waals surface area contributed by atoms with E-state index in [-0.39, 0.29) is 12.2 Å². The van der Waals surface area contributed by atoms with Crippen LogP contribution in [-0.4, -0.2) is 12.2 Å². The van der Waals surface area contributed by atoms with Gasteiger partial charge < -0.3 is 9.47 Å². The average Bonchev–Trinajstić information content (AvgIpc) is 2.19. The molecule has 4 nitrogen and oxygen atoms in total. The van der Waals surface area contributed by atoms with Gasteiger partial charge in [0, 0.05) is 6.07 Å². The summed E-state index contributed by atoms with van der Waals surface area (Å²) in [7, 11) is 0. The largest absolute Gasteiger partial charge is 0.487 e. The zero-order chi connectivity index (χ0) is 12.1. The molecule has 0 bridgehead atoms. The summed E-state index contributed by atoms with van der Waals surface area (Å²) >= 11 is 0. The third-order valence-corrected chi connectivity index (χ3v) is 1.78. The van der Waals surface area contributed by atoms with Gasteiger partial charge in [-0.2, -0.15) is 0 Å². The number of nitrogens with zero attached hydrogens (tertiary/aromatic N) is 2. The molecule has 0 saturated carbocycles. The van der Waals surface area contributed by atoms with Crippen LogP contribution in [0.15, 0.2) is 18.2 Å². The molecule has 0 amide bonds. The quantitative estimate of drug-likeness (QED) is 0.727. The second-order valence-electron chi connectivity index (χ2n) is 4.04. The van der Waals surface area contributed by atoms with Crippen LogP contribution in [0.3, 0.4) is 0 Å². The standard InChI is InChI=1S/C12H17N2O2/c1-8(2)15-11-7-5-6-10(14-13)12(11)16-9(3)4/h5-9H,1-4H3/q+1. The maximum atomic E-state index is 8.88. The number of benzene rings is 1. The lowest BCUT2D eigenvalue weighted by Crippen LogP contribution is -2.10. The van der Waals surface area contributed by atoms with E-state index < -0.39 is 0 Å². The van der Waals surface area contributed by atoms with Crippen LogP contribution in [0.5, 0.6) is 11.5 Å². The number of hydrogen-bond donors (Lipinski definition) is 0. The Labute approximate surface area is 95.8 Å². The molecule has 0 unspecified atom stereocenters. The maximum Gasteiger partial charge on any atom is 0.430 e. The maximum absolute atomic E-state index is 8.88. The fraction of sp³-hybridized carbons (Fsp3) is 0.500. The zero-order valence-electron chi connectivity index (χ0n) is 10.1. The van der Waals surface area contributed by atoms with Crippen LogP contribution in [0, 0.1) is 5.39 Å². The van der Waals surface area contributed by atoms with Crippen LogP contribution in [-0.2, 0) is 0 Å². The van der Waals surface area contributed by atoms with Gasteiger partial charge in [0.25, 0.3) is 5.75 Å². The van der Waals surface area contributed by atoms with Crippen molar-refractivity contribution in [1.82, 2.24) is 0 Å². The summed E-state index contributed by atoms with van der Waals surface area (Å²) in [6.07, 6.45) is 0.0425. The molecule has 0 fully saturated rings. The summed E-state index contributed by atoms with van der Waals surface area (Å²) < 4.78 is 11.2. The van der Waals surface area contributed by atoms with Gasteiger partial charge in [0.15, 0.2) is 10.7 Å². The van der Waals surface area contributed by atoms with Crippen LogP contribution in [0.4, 0.5) is 5.69 Å². The number of hydrogen-bond acceptors (Lipinski definition) is 3. The van der Waals surface area contributed by atoms with Crippen molar-refractivity contribution in [2.24, 2.45) is 0 Å². The Hall–Kier alpha value is -1.76. The lowest BCUT2D eigenvalue weighted by molar-refractivity contribution is 0.200. The van der Waals surface area contributed by atoms with Crippen molar-refractivity contribution in [2.75, 3.05) is 0 Å². The van der Waals surface area contributed by atoms with E-state index in [0.717, 1.165) is 0 Å². The zero-order valence-corrected chi connectivity index (χ0v) is 10.1. The first-order chi connectivity index (χ1) is 7.54. The van der Waals surface area contributed by atoms with Gasteiger partial charge in [0.2, 0.25) is 5.39 Å². The number of para-hydroxylation sites is 1. The molecule has 0 N–H and O–H groups in total. The first-order valence-corrected chi connectivity index (χ1v) is 5.36. The van der Waals surface area contributed by atoms with Crippen LogP contribution in [0.2, 0.25) is 0 Å². The topological polar surface area (TPSA) is 46.6 Å². The molecule has 0 radical (unpaired) electrons. The minimum Gasteiger partial charge on any atom is -0.487 e. The molecular formula is C12H17N2O2+. The van der Waals surface area contributed by atoms with Crippen LogP contribution >= 0.6 is 0 Å². The molecule has 16 heavy (non-hydrogen) atoms. The Kier molecular flexibility index (Phi) is 4.12. The molecular weight excluding hydrogens is 204 g/mol. The molecule has 0 spiro atoms. The predicted molar refractivity (Wildman–Crippen MR) is 62.7 cm³/mol. The van der Waals surface area contributed by atoms with E-state index in [0.29, 0.717) is 17.2 Å². The second-order valence-corrected chi connectivity index (χ2v) is 4.04. The molecule has 1 aromatic rings. The Bertz CT molecular complexity index is 394. The van der Waals surface area contributed by atoms with Crippen molar-refractivity contribution in [3.63, 3.8) is 0 Å². The van der Waals surface area contributed by atoms with Crippen LogP contribution in [0.1, 0.15) is 27.7 Å². The molecule has 0 aliphatic rings. The number of rotatable bonds is 4. The summed E-state index contributed by atoms with van der Waals surface area (Å²) in [5.41, 5.74) is 0.381. The first-order valence-electron chi connectivity index (χ1n) is 5.36. The highest BCUT2D eigenvalue weighted by Gasteiger charge is 2.22. The Morgan fingerprint density at radius 3 is 2.19 bits per heavy atom. The lowest BCUT2D eigenvalue weighted by atomic mass is 10.2.